The predicted molar refractivity (Wildman–Crippen MR) is 86.5 cm³/mol. The molecule has 2 aromatic carbocycles. The molecule has 3 aromatic rings. The van der Waals surface area contributed by atoms with Crippen molar-refractivity contribution in [1.82, 2.24) is 9.97 Å². The summed E-state index contributed by atoms with van der Waals surface area (Å²) >= 11 is 0. The van der Waals surface area contributed by atoms with Crippen molar-refractivity contribution in [1.29, 1.82) is 0 Å². The predicted octanol–water partition coefficient (Wildman–Crippen LogP) is 3.27. The number of hydrogen-bond acceptors (Lipinski definition) is 5. The molecule has 0 fully saturated rings. The summed E-state index contributed by atoms with van der Waals surface area (Å²) in [4.78, 5) is 8.25. The number of methoxy groups -OCH3 is 1. The number of hydrogen-bond donors (Lipinski definition) is 1. The van der Waals surface area contributed by atoms with Gasteiger partial charge >= 0.3 is 0 Å². The van der Waals surface area contributed by atoms with Crippen LogP contribution in [0.2, 0.25) is 0 Å². The number of halogens is 1. The minimum absolute atomic E-state index is 0.318. The van der Waals surface area contributed by atoms with E-state index in [0.717, 1.165) is 5.39 Å². The zero-order valence-electron chi connectivity index (χ0n) is 12.6. The Morgan fingerprint density at radius 2 is 1.91 bits per heavy atom. The fourth-order valence-electron chi connectivity index (χ4n) is 2.24. The maximum absolute atomic E-state index is 13.2. The molecule has 0 bridgehead atoms. The third-order valence-electron chi connectivity index (χ3n) is 3.32. The van der Waals surface area contributed by atoms with E-state index in [-0.39, 0.29) is 5.82 Å². The molecule has 23 heavy (non-hydrogen) atoms. The van der Waals surface area contributed by atoms with E-state index in [9.17, 15) is 4.39 Å². The molecule has 0 saturated carbocycles. The highest BCUT2D eigenvalue weighted by Gasteiger charge is 2.05. The van der Waals surface area contributed by atoms with Crippen LogP contribution in [-0.4, -0.2) is 30.2 Å². The van der Waals surface area contributed by atoms with Crippen LogP contribution in [0.5, 0.6) is 11.5 Å². The molecule has 1 heterocycles. The molecule has 0 unspecified atom stereocenters. The standard InChI is InChI=1S/C17H16FN3O2/c1-22-15-4-2-3-5-16(15)23-9-8-19-17-13-7-6-12(18)10-14(13)20-11-21-17/h2-7,10-11H,8-9H2,1H3,(H,19,20,21). The van der Waals surface area contributed by atoms with E-state index in [1.165, 1.54) is 18.5 Å². The Hall–Kier alpha value is -2.89. The summed E-state index contributed by atoms with van der Waals surface area (Å²) in [6.07, 6.45) is 1.41. The minimum atomic E-state index is -0.318. The lowest BCUT2D eigenvalue weighted by molar-refractivity contribution is 0.306. The molecule has 0 radical (unpaired) electrons. The van der Waals surface area contributed by atoms with Crippen molar-refractivity contribution >= 4 is 16.7 Å². The van der Waals surface area contributed by atoms with Crippen LogP contribution in [0.15, 0.2) is 48.8 Å². The second kappa shape index (κ2) is 6.91. The molecule has 1 aromatic heterocycles. The van der Waals surface area contributed by atoms with Gasteiger partial charge in [0, 0.05) is 11.5 Å². The van der Waals surface area contributed by atoms with Crippen molar-refractivity contribution in [3.8, 4) is 11.5 Å². The van der Waals surface area contributed by atoms with Gasteiger partial charge in [-0.15, -0.1) is 0 Å². The molecule has 1 N–H and O–H groups in total. The van der Waals surface area contributed by atoms with E-state index in [2.05, 4.69) is 15.3 Å². The number of aromatic nitrogens is 2. The number of nitrogens with zero attached hydrogens (tertiary/aromatic N) is 2. The molecule has 0 aliphatic rings. The minimum Gasteiger partial charge on any atom is -0.493 e. The molecule has 0 aliphatic heterocycles. The highest BCUT2D eigenvalue weighted by Crippen LogP contribution is 2.25. The normalized spacial score (nSPS) is 10.5. The van der Waals surface area contributed by atoms with Gasteiger partial charge in [0.05, 0.1) is 19.2 Å². The Kier molecular flexibility index (Phi) is 4.52. The first-order valence-electron chi connectivity index (χ1n) is 7.18. The zero-order chi connectivity index (χ0) is 16.1. The van der Waals surface area contributed by atoms with Crippen molar-refractivity contribution in [2.24, 2.45) is 0 Å². The Bertz CT molecular complexity index is 811. The number of rotatable bonds is 6. The van der Waals surface area contributed by atoms with E-state index in [4.69, 9.17) is 9.47 Å². The maximum Gasteiger partial charge on any atom is 0.161 e. The van der Waals surface area contributed by atoms with Crippen LogP contribution in [0, 0.1) is 5.82 Å². The summed E-state index contributed by atoms with van der Waals surface area (Å²) in [6, 6.07) is 11.9. The molecule has 0 spiro atoms. The summed E-state index contributed by atoms with van der Waals surface area (Å²) in [7, 11) is 1.60. The molecular weight excluding hydrogens is 297 g/mol. The topological polar surface area (TPSA) is 56.3 Å². The van der Waals surface area contributed by atoms with E-state index in [1.807, 2.05) is 24.3 Å². The van der Waals surface area contributed by atoms with Crippen molar-refractivity contribution in [2.45, 2.75) is 0 Å². The van der Waals surface area contributed by atoms with Crippen molar-refractivity contribution in [3.63, 3.8) is 0 Å². The number of ether oxygens (including phenoxy) is 2. The van der Waals surface area contributed by atoms with Gasteiger partial charge in [0.1, 0.15) is 24.6 Å². The molecule has 118 valence electrons. The summed E-state index contributed by atoms with van der Waals surface area (Å²) < 4.78 is 24.1. The van der Waals surface area contributed by atoms with Gasteiger partial charge in [0.15, 0.2) is 11.5 Å². The average Bonchev–Trinajstić information content (AvgIpc) is 2.58. The lowest BCUT2D eigenvalue weighted by atomic mass is 10.2. The third-order valence-corrected chi connectivity index (χ3v) is 3.32. The quantitative estimate of drug-likeness (QED) is 0.708. The molecule has 0 atom stereocenters. The van der Waals surface area contributed by atoms with E-state index < -0.39 is 0 Å². The Balaban J connectivity index is 1.63. The smallest absolute Gasteiger partial charge is 0.161 e. The van der Waals surface area contributed by atoms with Gasteiger partial charge in [-0.05, 0) is 24.3 Å². The van der Waals surface area contributed by atoms with Gasteiger partial charge in [0.2, 0.25) is 0 Å². The number of benzene rings is 2. The summed E-state index contributed by atoms with van der Waals surface area (Å²) in [6.45, 7) is 0.981. The average molecular weight is 313 g/mol. The molecule has 3 rings (SSSR count). The third kappa shape index (κ3) is 3.48. The highest BCUT2D eigenvalue weighted by molar-refractivity contribution is 5.88. The Morgan fingerprint density at radius 3 is 2.74 bits per heavy atom. The van der Waals surface area contributed by atoms with E-state index in [1.54, 1.807) is 13.2 Å². The summed E-state index contributed by atoms with van der Waals surface area (Å²) in [5, 5.41) is 3.95. The van der Waals surface area contributed by atoms with Crippen LogP contribution < -0.4 is 14.8 Å². The van der Waals surface area contributed by atoms with Gasteiger partial charge in [-0.2, -0.15) is 0 Å². The molecule has 0 amide bonds. The fourth-order valence-corrected chi connectivity index (χ4v) is 2.24. The van der Waals surface area contributed by atoms with Crippen LogP contribution in [-0.2, 0) is 0 Å². The van der Waals surface area contributed by atoms with Crippen LogP contribution in [0.4, 0.5) is 10.2 Å². The van der Waals surface area contributed by atoms with Crippen molar-refractivity contribution in [2.75, 3.05) is 25.6 Å². The molecular formula is C17H16FN3O2. The zero-order valence-corrected chi connectivity index (χ0v) is 12.6. The van der Waals surface area contributed by atoms with Crippen molar-refractivity contribution in [3.05, 3.63) is 54.6 Å². The van der Waals surface area contributed by atoms with Gasteiger partial charge in [0.25, 0.3) is 0 Å². The largest absolute Gasteiger partial charge is 0.493 e. The van der Waals surface area contributed by atoms with Crippen LogP contribution in [0.3, 0.4) is 0 Å². The number of anilines is 1. The fraction of sp³-hybridized carbons (Fsp3) is 0.176. The number of para-hydroxylation sites is 2. The Morgan fingerprint density at radius 1 is 1.09 bits per heavy atom. The molecule has 0 saturated heterocycles. The van der Waals surface area contributed by atoms with Gasteiger partial charge < -0.3 is 14.8 Å². The summed E-state index contributed by atoms with van der Waals surface area (Å²) in [5.41, 5.74) is 0.563. The van der Waals surface area contributed by atoms with E-state index in [0.29, 0.717) is 36.0 Å². The highest BCUT2D eigenvalue weighted by atomic mass is 19.1. The molecule has 5 nitrogen and oxygen atoms in total. The van der Waals surface area contributed by atoms with E-state index >= 15 is 0 Å². The second-order valence-corrected chi connectivity index (χ2v) is 4.81. The van der Waals surface area contributed by atoms with Gasteiger partial charge in [-0.25, -0.2) is 14.4 Å². The lowest BCUT2D eigenvalue weighted by Crippen LogP contribution is -2.13. The lowest BCUT2D eigenvalue weighted by Gasteiger charge is -2.11. The first-order valence-corrected chi connectivity index (χ1v) is 7.18. The summed E-state index contributed by atoms with van der Waals surface area (Å²) in [5.74, 6) is 1.71. The number of fused-ring (bicyclic) bond motifs is 1. The maximum atomic E-state index is 13.2. The first-order chi connectivity index (χ1) is 11.3. The van der Waals surface area contributed by atoms with Gasteiger partial charge in [-0.3, -0.25) is 0 Å². The first kappa shape index (κ1) is 15.0. The molecule has 0 aliphatic carbocycles. The van der Waals surface area contributed by atoms with Crippen molar-refractivity contribution < 1.29 is 13.9 Å². The SMILES string of the molecule is COc1ccccc1OCCNc1ncnc2cc(F)ccc12. The Labute approximate surface area is 133 Å². The number of nitrogens with one attached hydrogen (secondary N) is 1. The van der Waals surface area contributed by atoms with Gasteiger partial charge in [-0.1, -0.05) is 12.1 Å². The van der Waals surface area contributed by atoms with Crippen LogP contribution in [0.1, 0.15) is 0 Å². The monoisotopic (exact) mass is 313 g/mol. The molecule has 6 heteroatoms. The second-order valence-electron chi connectivity index (χ2n) is 4.81. The van der Waals surface area contributed by atoms with Crippen LogP contribution >= 0.6 is 0 Å². The van der Waals surface area contributed by atoms with Crippen LogP contribution in [0.25, 0.3) is 10.9 Å².